The minimum Gasteiger partial charge on any atom is -0.508 e. The Balaban J connectivity index is 0.000000235. The van der Waals surface area contributed by atoms with E-state index in [1.54, 1.807) is 11.0 Å². The van der Waals surface area contributed by atoms with Gasteiger partial charge in [-0.2, -0.15) is 0 Å². The van der Waals surface area contributed by atoms with Crippen LogP contribution in [0.3, 0.4) is 0 Å². The molecule has 2 heterocycles. The van der Waals surface area contributed by atoms with Crippen LogP contribution >= 0.6 is 0 Å². The Hall–Kier alpha value is -5.02. The third kappa shape index (κ3) is 13.3. The molecule has 2 atom stereocenters. The normalized spacial score (nSPS) is 16.0. The summed E-state index contributed by atoms with van der Waals surface area (Å²) in [7, 11) is 0. The number of phenols is 1. The molecule has 52 heavy (non-hydrogen) atoms. The molecule has 0 spiro atoms. The lowest BCUT2D eigenvalue weighted by molar-refractivity contribution is -0.133. The first kappa shape index (κ1) is 41.4. The van der Waals surface area contributed by atoms with E-state index in [0.29, 0.717) is 44.1 Å². The van der Waals surface area contributed by atoms with E-state index >= 15 is 0 Å². The van der Waals surface area contributed by atoms with Crippen molar-refractivity contribution >= 4 is 11.8 Å². The predicted octanol–water partition coefficient (Wildman–Crippen LogP) is 7.17. The summed E-state index contributed by atoms with van der Waals surface area (Å²) in [5, 5.41) is 18.3. The Morgan fingerprint density at radius 1 is 0.673 bits per heavy atom. The number of likely N-dealkylation sites (tertiary alicyclic amines) is 2. The van der Waals surface area contributed by atoms with E-state index in [4.69, 9.17) is 19.3 Å². The molecule has 6 rings (SSSR count). The third-order valence-electron chi connectivity index (χ3n) is 8.90. The number of aryl methyl sites for hydroxylation is 4. The van der Waals surface area contributed by atoms with E-state index in [2.05, 4.69) is 13.8 Å². The van der Waals surface area contributed by atoms with Crippen molar-refractivity contribution in [2.75, 3.05) is 39.4 Å². The molecule has 2 saturated heterocycles. The smallest absolute Gasteiger partial charge is 0.260 e. The van der Waals surface area contributed by atoms with E-state index in [0.717, 1.165) is 41.9 Å². The van der Waals surface area contributed by atoms with Gasteiger partial charge < -0.3 is 34.2 Å². The van der Waals surface area contributed by atoms with Gasteiger partial charge in [0.1, 0.15) is 29.1 Å². The maximum Gasteiger partial charge on any atom is 0.260 e. The summed E-state index contributed by atoms with van der Waals surface area (Å²) in [6.45, 7) is 10.6. The lowest BCUT2D eigenvalue weighted by atomic mass is 10.2. The molecular formula is C43H56N2O7. The Labute approximate surface area is 309 Å². The Kier molecular flexibility index (Phi) is 17.0. The van der Waals surface area contributed by atoms with Gasteiger partial charge in [0.15, 0.2) is 13.2 Å². The van der Waals surface area contributed by atoms with Crippen LogP contribution in [0.2, 0.25) is 0 Å². The van der Waals surface area contributed by atoms with E-state index in [-0.39, 0.29) is 44.7 Å². The molecule has 2 aliphatic heterocycles. The maximum atomic E-state index is 12.4. The zero-order valence-electron chi connectivity index (χ0n) is 30.3. The number of aromatic hydroxyl groups is 1. The number of hydrogen-bond acceptors (Lipinski definition) is 7. The molecule has 9 nitrogen and oxygen atoms in total. The summed E-state index contributed by atoms with van der Waals surface area (Å²) in [5.74, 6) is 2.65. The van der Waals surface area contributed by atoms with Crippen LogP contribution < -0.4 is 14.2 Å². The largest absolute Gasteiger partial charge is 0.508 e. The van der Waals surface area contributed by atoms with Gasteiger partial charge in [-0.3, -0.25) is 9.59 Å². The second kappa shape index (κ2) is 21.4. The highest BCUT2D eigenvalue weighted by Gasteiger charge is 2.28. The van der Waals surface area contributed by atoms with E-state index in [1.807, 2.05) is 110 Å². The molecule has 0 radical (unpaired) electrons. The minimum absolute atomic E-state index is 0. The fraction of sp³-hybridized carbons (Fsp3) is 0.395. The van der Waals surface area contributed by atoms with Crippen LogP contribution in [0, 0.1) is 13.8 Å². The molecule has 2 N–H and O–H groups in total. The molecule has 0 bridgehead atoms. The van der Waals surface area contributed by atoms with Gasteiger partial charge in [-0.25, -0.2) is 0 Å². The Bertz CT molecular complexity index is 1640. The molecule has 4 aromatic carbocycles. The van der Waals surface area contributed by atoms with Crippen molar-refractivity contribution in [3.05, 3.63) is 119 Å². The van der Waals surface area contributed by atoms with Crippen molar-refractivity contribution in [2.24, 2.45) is 0 Å². The van der Waals surface area contributed by atoms with Gasteiger partial charge in [0, 0.05) is 26.1 Å². The molecule has 4 aromatic rings. The lowest BCUT2D eigenvalue weighted by Crippen LogP contribution is -2.34. The van der Waals surface area contributed by atoms with Crippen molar-refractivity contribution < 1.29 is 34.0 Å². The highest BCUT2D eigenvalue weighted by molar-refractivity contribution is 5.78. The van der Waals surface area contributed by atoms with Gasteiger partial charge in [0.2, 0.25) is 0 Å². The second-order valence-corrected chi connectivity index (χ2v) is 12.8. The van der Waals surface area contributed by atoms with Crippen molar-refractivity contribution in [1.82, 2.24) is 9.80 Å². The molecule has 2 amide bonds. The van der Waals surface area contributed by atoms with Crippen molar-refractivity contribution in [1.29, 1.82) is 0 Å². The number of hydrogen-bond donors (Lipinski definition) is 2. The monoisotopic (exact) mass is 712 g/mol. The van der Waals surface area contributed by atoms with Gasteiger partial charge in [-0.05, 0) is 91.8 Å². The molecule has 0 aromatic heterocycles. The zero-order valence-corrected chi connectivity index (χ0v) is 30.3. The summed E-state index contributed by atoms with van der Waals surface area (Å²) < 4.78 is 17.1. The third-order valence-corrected chi connectivity index (χ3v) is 8.90. The van der Waals surface area contributed by atoms with Crippen molar-refractivity contribution in [3.63, 3.8) is 0 Å². The number of carbonyl (C=O) groups is 2. The number of rotatable bonds is 10. The van der Waals surface area contributed by atoms with Crippen LogP contribution in [0.15, 0.2) is 97.1 Å². The lowest BCUT2D eigenvalue weighted by Gasteiger charge is -2.18. The maximum absolute atomic E-state index is 12.4. The van der Waals surface area contributed by atoms with E-state index in [9.17, 15) is 14.7 Å². The zero-order chi connectivity index (χ0) is 36.6. The number of amides is 2. The van der Waals surface area contributed by atoms with Gasteiger partial charge in [-0.1, -0.05) is 81.9 Å². The number of aliphatic hydroxyl groups is 1. The van der Waals surface area contributed by atoms with Gasteiger partial charge in [-0.15, -0.1) is 0 Å². The number of para-hydroxylation sites is 2. The first-order chi connectivity index (χ1) is 24.6. The van der Waals surface area contributed by atoms with Crippen LogP contribution in [0.4, 0.5) is 0 Å². The molecule has 2 aliphatic rings. The number of β-amino-alcohol motifs (C(OH)–C–C–N with tert-alkyl or cyclic N) is 1. The quantitative estimate of drug-likeness (QED) is 0.180. The Morgan fingerprint density at radius 2 is 1.15 bits per heavy atom. The fourth-order valence-electron chi connectivity index (χ4n) is 5.57. The molecule has 0 aliphatic carbocycles. The average Bonchev–Trinajstić information content (AvgIpc) is 3.82. The topological polar surface area (TPSA) is 109 Å². The van der Waals surface area contributed by atoms with Crippen LogP contribution in [0.25, 0.3) is 0 Å². The van der Waals surface area contributed by atoms with Crippen molar-refractivity contribution in [2.45, 2.75) is 73.0 Å². The molecular weight excluding hydrogens is 656 g/mol. The summed E-state index contributed by atoms with van der Waals surface area (Å²) in [6, 6.07) is 30.9. The fourth-order valence-corrected chi connectivity index (χ4v) is 5.57. The molecule has 2 fully saturated rings. The van der Waals surface area contributed by atoms with Gasteiger partial charge in [0.05, 0.1) is 12.6 Å². The summed E-state index contributed by atoms with van der Waals surface area (Å²) in [6.07, 6.45) is 3.18. The average molecular weight is 713 g/mol. The number of benzene rings is 4. The number of phenolic OH excluding ortho intramolecular Hbond substituents is 1. The highest BCUT2D eigenvalue weighted by atomic mass is 16.5. The van der Waals surface area contributed by atoms with E-state index < -0.39 is 0 Å². The van der Waals surface area contributed by atoms with Gasteiger partial charge in [0.25, 0.3) is 11.8 Å². The standard InChI is InChI=1S/C21H25NO3.C14H19NO3.C7H8O.CH4/c1-3-17-8-10-18(11-9-17)24-15-21(23)22-13-12-19(14-22)25-20-7-5-4-6-16(20)2;1-2-11-3-5-13(6-4-11)18-10-14(17)15-8-7-12(16)9-15;1-6-4-2-3-5-7(6)8;/h4-11,19H,3,12-15H2,1-2H3;3-6,12,16H,2,7-10H2,1H3;2-5,8H,1H3;1H4/t19-;12-;;/m00../s1. The number of nitrogens with zero attached hydrogens (tertiary/aromatic N) is 2. The Morgan fingerprint density at radius 3 is 1.60 bits per heavy atom. The summed E-state index contributed by atoms with van der Waals surface area (Å²) in [4.78, 5) is 27.6. The molecule has 9 heteroatoms. The number of aliphatic hydroxyl groups excluding tert-OH is 1. The molecule has 0 saturated carbocycles. The number of carbonyl (C=O) groups excluding carboxylic acids is 2. The summed E-state index contributed by atoms with van der Waals surface area (Å²) >= 11 is 0. The molecule has 280 valence electrons. The highest BCUT2D eigenvalue weighted by Crippen LogP contribution is 2.22. The first-order valence-corrected chi connectivity index (χ1v) is 17.8. The predicted molar refractivity (Wildman–Crippen MR) is 206 cm³/mol. The van der Waals surface area contributed by atoms with Gasteiger partial charge >= 0.3 is 0 Å². The van der Waals surface area contributed by atoms with Crippen molar-refractivity contribution in [3.8, 4) is 23.0 Å². The van der Waals surface area contributed by atoms with Crippen LogP contribution in [0.5, 0.6) is 23.0 Å². The van der Waals surface area contributed by atoms with Crippen LogP contribution in [-0.2, 0) is 22.4 Å². The minimum atomic E-state index is -0.377. The van der Waals surface area contributed by atoms with E-state index in [1.165, 1.54) is 11.1 Å². The first-order valence-electron chi connectivity index (χ1n) is 17.8. The SMILES string of the molecule is C.CCc1ccc(OCC(=O)N2CC[C@H](O)C2)cc1.CCc1ccc(OCC(=O)N2CC[C@H](Oc3ccccc3C)C2)cc1.Cc1ccccc1O. The van der Waals surface area contributed by atoms with Crippen LogP contribution in [-0.4, -0.2) is 83.4 Å². The van der Waals surface area contributed by atoms with Crippen LogP contribution in [0.1, 0.15) is 56.4 Å². The molecule has 0 unspecified atom stereocenters. The second-order valence-electron chi connectivity index (χ2n) is 12.8. The summed E-state index contributed by atoms with van der Waals surface area (Å²) in [5.41, 5.74) is 4.55. The number of ether oxygens (including phenoxy) is 3.